The predicted octanol–water partition coefficient (Wildman–Crippen LogP) is 2.53. The van der Waals surface area contributed by atoms with Gasteiger partial charge >= 0.3 is 0 Å². The minimum atomic E-state index is -3.92. The van der Waals surface area contributed by atoms with Gasteiger partial charge in [-0.1, -0.05) is 36.4 Å². The van der Waals surface area contributed by atoms with Gasteiger partial charge in [0.15, 0.2) is 0 Å². The summed E-state index contributed by atoms with van der Waals surface area (Å²) in [5.41, 5.74) is 1.45. The molecule has 0 bridgehead atoms. The molecule has 0 aliphatic rings. The molecule has 0 aliphatic carbocycles. The van der Waals surface area contributed by atoms with E-state index in [1.54, 1.807) is 36.4 Å². The van der Waals surface area contributed by atoms with E-state index in [-0.39, 0.29) is 4.90 Å². The van der Waals surface area contributed by atoms with Crippen molar-refractivity contribution in [3.05, 3.63) is 60.5 Å². The molecule has 112 valence electrons. The highest BCUT2D eigenvalue weighted by molar-refractivity contribution is 7.89. The summed E-state index contributed by atoms with van der Waals surface area (Å²) in [5, 5.41) is 12.0. The van der Waals surface area contributed by atoms with Crippen molar-refractivity contribution >= 4 is 10.0 Å². The number of primary sulfonamides is 1. The lowest BCUT2D eigenvalue weighted by Crippen LogP contribution is -2.13. The number of nitrogens with zero attached hydrogens (tertiary/aromatic N) is 1. The van der Waals surface area contributed by atoms with Gasteiger partial charge in [0, 0.05) is 22.9 Å². The molecule has 0 amide bonds. The monoisotopic (exact) mass is 317 g/mol. The van der Waals surface area contributed by atoms with Gasteiger partial charge in [-0.25, -0.2) is 17.9 Å². The van der Waals surface area contributed by atoms with Crippen LogP contribution in [0.1, 0.15) is 0 Å². The van der Waals surface area contributed by atoms with Gasteiger partial charge in [-0.2, -0.15) is 5.10 Å². The fraction of sp³-hybridized carbons (Fsp3) is 0. The molecule has 2 aromatic carbocycles. The maximum absolute atomic E-state index is 14.0. The van der Waals surface area contributed by atoms with Crippen LogP contribution in [0, 0.1) is 5.82 Å². The van der Waals surface area contributed by atoms with Crippen LogP contribution in [0.4, 0.5) is 4.39 Å². The van der Waals surface area contributed by atoms with Crippen LogP contribution >= 0.6 is 0 Å². The van der Waals surface area contributed by atoms with E-state index < -0.39 is 15.8 Å². The maximum Gasteiger partial charge on any atom is 0.238 e. The number of aromatic nitrogens is 2. The highest BCUT2D eigenvalue weighted by Crippen LogP contribution is 2.34. The van der Waals surface area contributed by atoms with Crippen LogP contribution in [-0.2, 0) is 10.0 Å². The highest BCUT2D eigenvalue weighted by Gasteiger charge is 2.20. The van der Waals surface area contributed by atoms with E-state index >= 15 is 0 Å². The molecule has 0 radical (unpaired) electrons. The van der Waals surface area contributed by atoms with Gasteiger partial charge < -0.3 is 0 Å². The zero-order valence-electron chi connectivity index (χ0n) is 11.3. The molecule has 0 atom stereocenters. The van der Waals surface area contributed by atoms with E-state index in [0.29, 0.717) is 22.4 Å². The predicted molar refractivity (Wildman–Crippen MR) is 80.8 cm³/mol. The van der Waals surface area contributed by atoms with Crippen molar-refractivity contribution in [1.82, 2.24) is 10.2 Å². The molecule has 1 aromatic heterocycles. The average Bonchev–Trinajstić information content (AvgIpc) is 2.96. The number of nitrogens with one attached hydrogen (secondary N) is 1. The SMILES string of the molecule is NS(=O)(=O)c1ccccc1-c1n[nH]cc1-c1ccccc1F. The van der Waals surface area contributed by atoms with Crippen LogP contribution < -0.4 is 5.14 Å². The minimum Gasteiger partial charge on any atom is -0.284 e. The summed E-state index contributed by atoms with van der Waals surface area (Å²) >= 11 is 0. The van der Waals surface area contributed by atoms with Crippen molar-refractivity contribution in [2.75, 3.05) is 0 Å². The molecular formula is C15H12FN3O2S. The summed E-state index contributed by atoms with van der Waals surface area (Å²) < 4.78 is 37.5. The van der Waals surface area contributed by atoms with Crippen LogP contribution in [0.25, 0.3) is 22.4 Å². The quantitative estimate of drug-likeness (QED) is 0.778. The molecule has 3 rings (SSSR count). The van der Waals surface area contributed by atoms with E-state index in [4.69, 9.17) is 5.14 Å². The van der Waals surface area contributed by atoms with E-state index in [9.17, 15) is 12.8 Å². The second kappa shape index (κ2) is 5.36. The number of hydrogen-bond acceptors (Lipinski definition) is 3. The molecule has 3 aromatic rings. The first kappa shape index (κ1) is 14.4. The molecule has 0 unspecified atom stereocenters. The summed E-state index contributed by atoms with van der Waals surface area (Å²) in [5.74, 6) is -0.418. The third kappa shape index (κ3) is 2.51. The summed E-state index contributed by atoms with van der Waals surface area (Å²) in [4.78, 5) is -0.0558. The minimum absolute atomic E-state index is 0.0558. The van der Waals surface area contributed by atoms with Crippen molar-refractivity contribution in [2.24, 2.45) is 5.14 Å². The molecule has 1 heterocycles. The van der Waals surface area contributed by atoms with Crippen LogP contribution in [0.2, 0.25) is 0 Å². The zero-order valence-corrected chi connectivity index (χ0v) is 12.1. The van der Waals surface area contributed by atoms with E-state index in [0.717, 1.165) is 0 Å². The van der Waals surface area contributed by atoms with Crippen LogP contribution in [0.3, 0.4) is 0 Å². The third-order valence-corrected chi connectivity index (χ3v) is 4.22. The Labute approximate surface area is 126 Å². The number of nitrogens with two attached hydrogens (primary N) is 1. The van der Waals surface area contributed by atoms with E-state index in [1.807, 2.05) is 0 Å². The fourth-order valence-electron chi connectivity index (χ4n) is 2.29. The standard InChI is InChI=1S/C15H12FN3O2S/c16-13-7-3-1-5-10(13)12-9-18-19-15(12)11-6-2-4-8-14(11)22(17,20)21/h1-9H,(H,18,19)(H2,17,20,21). The van der Waals surface area contributed by atoms with E-state index in [1.165, 1.54) is 18.3 Å². The summed E-state index contributed by atoms with van der Waals surface area (Å²) in [6.45, 7) is 0. The molecule has 0 aliphatic heterocycles. The van der Waals surface area contributed by atoms with Gasteiger partial charge in [0.25, 0.3) is 0 Å². The van der Waals surface area contributed by atoms with Gasteiger partial charge in [0.2, 0.25) is 10.0 Å². The Morgan fingerprint density at radius 2 is 1.59 bits per heavy atom. The second-order valence-electron chi connectivity index (χ2n) is 4.67. The molecule has 22 heavy (non-hydrogen) atoms. The number of aromatic amines is 1. The number of sulfonamides is 1. The van der Waals surface area contributed by atoms with Crippen molar-refractivity contribution in [2.45, 2.75) is 4.90 Å². The van der Waals surface area contributed by atoms with Crippen molar-refractivity contribution in [1.29, 1.82) is 0 Å². The third-order valence-electron chi connectivity index (χ3n) is 3.25. The molecule has 7 heteroatoms. The normalized spacial score (nSPS) is 11.5. The Morgan fingerprint density at radius 1 is 0.955 bits per heavy atom. The second-order valence-corrected chi connectivity index (χ2v) is 6.20. The first-order valence-corrected chi connectivity index (χ1v) is 7.94. The number of halogens is 1. The van der Waals surface area contributed by atoms with Crippen molar-refractivity contribution < 1.29 is 12.8 Å². The Kier molecular flexibility index (Phi) is 3.51. The van der Waals surface area contributed by atoms with Crippen molar-refractivity contribution in [3.63, 3.8) is 0 Å². The number of rotatable bonds is 3. The molecule has 0 fully saturated rings. The molecule has 5 nitrogen and oxygen atoms in total. The topological polar surface area (TPSA) is 88.8 Å². The lowest BCUT2D eigenvalue weighted by Gasteiger charge is -2.08. The van der Waals surface area contributed by atoms with Gasteiger partial charge in [-0.15, -0.1) is 0 Å². The van der Waals surface area contributed by atoms with Gasteiger partial charge in [-0.3, -0.25) is 5.10 Å². The Bertz CT molecular complexity index is 935. The molecular weight excluding hydrogens is 305 g/mol. The van der Waals surface area contributed by atoms with Crippen LogP contribution in [-0.4, -0.2) is 18.6 Å². The Hall–Kier alpha value is -2.51. The molecule has 0 spiro atoms. The summed E-state index contributed by atoms with van der Waals surface area (Å²) in [7, 11) is -3.92. The van der Waals surface area contributed by atoms with E-state index in [2.05, 4.69) is 10.2 Å². The smallest absolute Gasteiger partial charge is 0.238 e. The van der Waals surface area contributed by atoms with Gasteiger partial charge in [0.05, 0.1) is 4.90 Å². The zero-order chi connectivity index (χ0) is 15.7. The first-order valence-electron chi connectivity index (χ1n) is 6.39. The number of H-pyrrole nitrogens is 1. The highest BCUT2D eigenvalue weighted by atomic mass is 32.2. The maximum atomic E-state index is 14.0. The molecule has 3 N–H and O–H groups in total. The van der Waals surface area contributed by atoms with Gasteiger partial charge in [-0.05, 0) is 12.1 Å². The van der Waals surface area contributed by atoms with Crippen molar-refractivity contribution in [3.8, 4) is 22.4 Å². The first-order chi connectivity index (χ1) is 10.5. The van der Waals surface area contributed by atoms with Crippen LogP contribution in [0.15, 0.2) is 59.6 Å². The summed E-state index contributed by atoms with van der Waals surface area (Å²) in [6, 6.07) is 12.4. The fourth-order valence-corrected chi connectivity index (χ4v) is 3.03. The molecule has 0 saturated carbocycles. The lowest BCUT2D eigenvalue weighted by molar-refractivity contribution is 0.598. The number of benzene rings is 2. The Balaban J connectivity index is 2.26. The lowest BCUT2D eigenvalue weighted by atomic mass is 10.0. The largest absolute Gasteiger partial charge is 0.284 e. The Morgan fingerprint density at radius 3 is 2.27 bits per heavy atom. The number of hydrogen-bond donors (Lipinski definition) is 2. The van der Waals surface area contributed by atoms with Crippen LogP contribution in [0.5, 0.6) is 0 Å². The average molecular weight is 317 g/mol. The summed E-state index contributed by atoms with van der Waals surface area (Å²) in [6.07, 6.45) is 1.52. The molecule has 0 saturated heterocycles. The van der Waals surface area contributed by atoms with Gasteiger partial charge in [0.1, 0.15) is 11.5 Å².